The number of hydrogen-bond acceptors (Lipinski definition) is 3. The van der Waals surface area contributed by atoms with Gasteiger partial charge in [-0.2, -0.15) is 0 Å². The Hall–Kier alpha value is -1.53. The highest BCUT2D eigenvalue weighted by Crippen LogP contribution is 2.32. The number of hydrogen-bond donors (Lipinski definition) is 1. The largest absolute Gasteiger partial charge is 0.495 e. The van der Waals surface area contributed by atoms with Crippen molar-refractivity contribution in [3.63, 3.8) is 0 Å². The van der Waals surface area contributed by atoms with Gasteiger partial charge < -0.3 is 10.5 Å². The summed E-state index contributed by atoms with van der Waals surface area (Å²) in [6, 6.07) is 5.14. The van der Waals surface area contributed by atoms with Gasteiger partial charge in [-0.05, 0) is 39.7 Å². The fraction of sp³-hybridized carbons (Fsp3) is 0.154. The summed E-state index contributed by atoms with van der Waals surface area (Å²) in [5.74, 6) is -1.41. The highest BCUT2D eigenvalue weighted by molar-refractivity contribution is 9.10. The lowest BCUT2D eigenvalue weighted by Gasteiger charge is -2.16. The van der Waals surface area contributed by atoms with Crippen LogP contribution >= 0.6 is 15.9 Å². The molecule has 1 aromatic carbocycles. The molecule has 2 N–H and O–H groups in total. The van der Waals surface area contributed by atoms with Crippen LogP contribution in [0.4, 0.5) is 8.78 Å². The van der Waals surface area contributed by atoms with Gasteiger partial charge in [-0.25, -0.2) is 8.78 Å². The summed E-state index contributed by atoms with van der Waals surface area (Å²) < 4.78 is 31.8. The number of halogens is 3. The van der Waals surface area contributed by atoms with E-state index in [1.165, 1.54) is 13.2 Å². The molecule has 1 unspecified atom stereocenters. The minimum atomic E-state index is -0.970. The average Bonchev–Trinajstić information content (AvgIpc) is 2.44. The summed E-state index contributed by atoms with van der Waals surface area (Å²) in [6.07, 6.45) is 1.56. The monoisotopic (exact) mass is 328 g/mol. The van der Waals surface area contributed by atoms with Crippen LogP contribution in [0.2, 0.25) is 0 Å². The highest BCUT2D eigenvalue weighted by atomic mass is 79.9. The second-order valence-electron chi connectivity index (χ2n) is 3.83. The summed E-state index contributed by atoms with van der Waals surface area (Å²) in [6.45, 7) is 0. The van der Waals surface area contributed by atoms with Gasteiger partial charge in [0.05, 0.1) is 17.6 Å². The molecule has 1 atom stereocenters. The first-order valence-corrected chi connectivity index (χ1v) is 6.23. The number of pyridine rings is 1. The quantitative estimate of drug-likeness (QED) is 0.880. The molecule has 0 radical (unpaired) electrons. The molecule has 0 amide bonds. The molecule has 0 saturated heterocycles. The van der Waals surface area contributed by atoms with Crippen molar-refractivity contribution in [1.29, 1.82) is 0 Å². The molecule has 2 aromatic rings. The van der Waals surface area contributed by atoms with Crippen LogP contribution in [0.5, 0.6) is 5.75 Å². The summed E-state index contributed by atoms with van der Waals surface area (Å²) in [5, 5.41) is 0. The summed E-state index contributed by atoms with van der Waals surface area (Å²) in [7, 11) is 1.49. The summed E-state index contributed by atoms with van der Waals surface area (Å²) in [5.41, 5.74) is 6.91. The zero-order valence-electron chi connectivity index (χ0n) is 10.0. The number of nitrogens with zero attached hydrogens (tertiary/aromatic N) is 1. The maximum absolute atomic E-state index is 13.5. The van der Waals surface area contributed by atoms with Crippen molar-refractivity contribution in [2.24, 2.45) is 5.73 Å². The third-order valence-electron chi connectivity index (χ3n) is 2.71. The third kappa shape index (κ3) is 2.59. The average molecular weight is 329 g/mol. The predicted octanol–water partition coefficient (Wildman–Crippen LogP) is 3.18. The number of ether oxygens (including phenoxy) is 1. The van der Waals surface area contributed by atoms with E-state index in [1.807, 2.05) is 0 Å². The maximum Gasteiger partial charge on any atom is 0.173 e. The fourth-order valence-electron chi connectivity index (χ4n) is 1.74. The second kappa shape index (κ2) is 5.63. The Kier molecular flexibility index (Phi) is 4.11. The van der Waals surface area contributed by atoms with Crippen LogP contribution < -0.4 is 10.5 Å². The first kappa shape index (κ1) is 13.9. The minimum absolute atomic E-state index is 0.00675. The lowest BCUT2D eigenvalue weighted by Crippen LogP contribution is -2.16. The van der Waals surface area contributed by atoms with E-state index in [1.54, 1.807) is 18.3 Å². The predicted molar refractivity (Wildman–Crippen MR) is 70.9 cm³/mol. The van der Waals surface area contributed by atoms with Crippen LogP contribution in [-0.4, -0.2) is 12.1 Å². The van der Waals surface area contributed by atoms with Crippen LogP contribution in [0.15, 0.2) is 34.9 Å². The number of rotatable bonds is 3. The van der Waals surface area contributed by atoms with Gasteiger partial charge in [-0.3, -0.25) is 4.98 Å². The number of aromatic nitrogens is 1. The van der Waals surface area contributed by atoms with E-state index in [-0.39, 0.29) is 4.47 Å². The van der Waals surface area contributed by atoms with Gasteiger partial charge in [0.15, 0.2) is 11.6 Å². The van der Waals surface area contributed by atoms with Crippen LogP contribution in [0.3, 0.4) is 0 Å². The molecule has 2 rings (SSSR count). The highest BCUT2D eigenvalue weighted by Gasteiger charge is 2.21. The Morgan fingerprint density at radius 2 is 2.05 bits per heavy atom. The van der Waals surface area contributed by atoms with Crippen molar-refractivity contribution in [1.82, 2.24) is 4.98 Å². The van der Waals surface area contributed by atoms with Gasteiger partial charge in [0.25, 0.3) is 0 Å². The number of nitrogens with two attached hydrogens (primary N) is 1. The van der Waals surface area contributed by atoms with Crippen LogP contribution in [0.25, 0.3) is 0 Å². The lowest BCUT2D eigenvalue weighted by molar-refractivity contribution is 0.404. The van der Waals surface area contributed by atoms with Crippen molar-refractivity contribution < 1.29 is 13.5 Å². The van der Waals surface area contributed by atoms with Crippen LogP contribution in [0, 0.1) is 11.6 Å². The molecule has 3 nitrogen and oxygen atoms in total. The molecule has 100 valence electrons. The molecule has 1 heterocycles. The first-order valence-electron chi connectivity index (χ1n) is 5.44. The van der Waals surface area contributed by atoms with Crippen LogP contribution in [-0.2, 0) is 0 Å². The zero-order valence-corrected chi connectivity index (χ0v) is 11.6. The maximum atomic E-state index is 13.5. The van der Waals surface area contributed by atoms with Gasteiger partial charge in [-0.1, -0.05) is 6.07 Å². The van der Waals surface area contributed by atoms with E-state index < -0.39 is 17.7 Å². The van der Waals surface area contributed by atoms with E-state index in [2.05, 4.69) is 20.9 Å². The molecule has 0 aliphatic rings. The van der Waals surface area contributed by atoms with E-state index in [4.69, 9.17) is 10.5 Å². The molecular weight excluding hydrogens is 318 g/mol. The molecular formula is C13H11BrF2N2O. The number of methoxy groups -OCH3 is 1. The summed E-state index contributed by atoms with van der Waals surface area (Å²) >= 11 is 3.01. The molecule has 0 aliphatic heterocycles. The van der Waals surface area contributed by atoms with Crippen molar-refractivity contribution in [2.75, 3.05) is 7.11 Å². The lowest BCUT2D eigenvalue weighted by atomic mass is 10.0. The molecule has 6 heteroatoms. The Morgan fingerprint density at radius 1 is 1.32 bits per heavy atom. The van der Waals surface area contributed by atoms with Crippen molar-refractivity contribution in [3.05, 3.63) is 57.8 Å². The first-order chi connectivity index (χ1) is 9.06. The number of benzene rings is 1. The molecule has 0 aliphatic carbocycles. The molecule has 1 aromatic heterocycles. The standard InChI is InChI=1S/C13H11BrF2N2O/c1-19-9-3-2-6-18-13(9)12(17)7-4-5-8(15)11(16)10(7)14/h2-6,12H,17H2,1H3. The third-order valence-corrected chi connectivity index (χ3v) is 3.52. The van der Waals surface area contributed by atoms with Gasteiger partial charge >= 0.3 is 0 Å². The van der Waals surface area contributed by atoms with Gasteiger partial charge in [0.1, 0.15) is 11.4 Å². The van der Waals surface area contributed by atoms with Gasteiger partial charge in [-0.15, -0.1) is 0 Å². The Bertz CT molecular complexity index is 607. The Morgan fingerprint density at radius 3 is 2.74 bits per heavy atom. The van der Waals surface area contributed by atoms with Crippen LogP contribution in [0.1, 0.15) is 17.3 Å². The van der Waals surface area contributed by atoms with Gasteiger partial charge in [0.2, 0.25) is 0 Å². The topological polar surface area (TPSA) is 48.1 Å². The minimum Gasteiger partial charge on any atom is -0.495 e. The van der Waals surface area contributed by atoms with E-state index >= 15 is 0 Å². The Labute approximate surface area is 117 Å². The zero-order chi connectivity index (χ0) is 14.0. The van der Waals surface area contributed by atoms with E-state index in [0.717, 1.165) is 6.07 Å². The Balaban J connectivity index is 2.50. The smallest absolute Gasteiger partial charge is 0.173 e. The van der Waals surface area contributed by atoms with Crippen molar-refractivity contribution >= 4 is 15.9 Å². The van der Waals surface area contributed by atoms with Crippen molar-refractivity contribution in [3.8, 4) is 5.75 Å². The molecule has 0 fully saturated rings. The van der Waals surface area contributed by atoms with Gasteiger partial charge in [0, 0.05) is 6.20 Å². The molecule has 0 saturated carbocycles. The molecule has 0 bridgehead atoms. The van der Waals surface area contributed by atoms with Crippen molar-refractivity contribution in [2.45, 2.75) is 6.04 Å². The van der Waals surface area contributed by atoms with E-state index in [0.29, 0.717) is 17.0 Å². The fourth-order valence-corrected chi connectivity index (χ4v) is 2.31. The SMILES string of the molecule is COc1cccnc1C(N)c1ccc(F)c(F)c1Br. The molecule has 0 spiro atoms. The normalized spacial score (nSPS) is 12.3. The molecule has 19 heavy (non-hydrogen) atoms. The summed E-state index contributed by atoms with van der Waals surface area (Å²) in [4.78, 5) is 4.13. The second-order valence-corrected chi connectivity index (χ2v) is 4.63. The van der Waals surface area contributed by atoms with E-state index in [9.17, 15) is 8.78 Å².